The van der Waals surface area contributed by atoms with Crippen LogP contribution in [-0.4, -0.2) is 29.3 Å². The summed E-state index contributed by atoms with van der Waals surface area (Å²) in [6, 6.07) is 8.03. The van der Waals surface area contributed by atoms with Crippen LogP contribution in [0.4, 0.5) is 0 Å². The standard InChI is InChI=1S/C17H24N2O/c1-12(2)19(10-6-9-18)15(5)17(20)16-8-7-13(3)14(4)11-16/h7-8,11-12,15H,6,10H2,1-5H3. The molecule has 0 heterocycles. The number of nitrogens with zero attached hydrogens (tertiary/aromatic N) is 2. The van der Waals surface area contributed by atoms with Crippen molar-refractivity contribution in [1.82, 2.24) is 4.90 Å². The summed E-state index contributed by atoms with van der Waals surface area (Å²) in [5.74, 6) is 0.125. The van der Waals surface area contributed by atoms with Crippen molar-refractivity contribution >= 4 is 5.78 Å². The molecule has 108 valence electrons. The molecule has 0 bridgehead atoms. The van der Waals surface area contributed by atoms with E-state index in [4.69, 9.17) is 5.26 Å². The number of nitriles is 1. The zero-order chi connectivity index (χ0) is 15.3. The van der Waals surface area contributed by atoms with Crippen molar-refractivity contribution in [2.75, 3.05) is 6.54 Å². The maximum absolute atomic E-state index is 12.6. The summed E-state index contributed by atoms with van der Waals surface area (Å²) >= 11 is 0. The number of rotatable bonds is 6. The Morgan fingerprint density at radius 2 is 1.90 bits per heavy atom. The van der Waals surface area contributed by atoms with Gasteiger partial charge in [-0.1, -0.05) is 12.1 Å². The fourth-order valence-electron chi connectivity index (χ4n) is 2.36. The van der Waals surface area contributed by atoms with Gasteiger partial charge in [-0.2, -0.15) is 5.26 Å². The van der Waals surface area contributed by atoms with E-state index < -0.39 is 0 Å². The van der Waals surface area contributed by atoms with Gasteiger partial charge in [-0.3, -0.25) is 9.69 Å². The van der Waals surface area contributed by atoms with Crippen LogP contribution >= 0.6 is 0 Å². The summed E-state index contributed by atoms with van der Waals surface area (Å²) in [6.07, 6.45) is 0.447. The van der Waals surface area contributed by atoms with E-state index in [1.165, 1.54) is 5.56 Å². The Morgan fingerprint density at radius 1 is 1.25 bits per heavy atom. The fourth-order valence-corrected chi connectivity index (χ4v) is 2.36. The zero-order valence-electron chi connectivity index (χ0n) is 13.1. The van der Waals surface area contributed by atoms with Gasteiger partial charge in [-0.05, 0) is 51.8 Å². The maximum Gasteiger partial charge on any atom is 0.179 e. The number of hydrogen-bond donors (Lipinski definition) is 0. The van der Waals surface area contributed by atoms with E-state index in [-0.39, 0.29) is 17.9 Å². The van der Waals surface area contributed by atoms with Crippen LogP contribution in [0.15, 0.2) is 18.2 Å². The Bertz CT molecular complexity index is 514. The van der Waals surface area contributed by atoms with Crippen LogP contribution < -0.4 is 0 Å². The molecule has 0 aromatic heterocycles. The van der Waals surface area contributed by atoms with Crippen LogP contribution in [0.3, 0.4) is 0 Å². The van der Waals surface area contributed by atoms with Gasteiger partial charge in [0.2, 0.25) is 0 Å². The maximum atomic E-state index is 12.6. The number of aryl methyl sites for hydroxylation is 2. The molecule has 1 aromatic rings. The van der Waals surface area contributed by atoms with Crippen LogP contribution in [0.1, 0.15) is 48.7 Å². The first-order valence-electron chi connectivity index (χ1n) is 7.12. The summed E-state index contributed by atoms with van der Waals surface area (Å²) in [4.78, 5) is 14.7. The molecule has 1 aromatic carbocycles. The average molecular weight is 272 g/mol. The van der Waals surface area contributed by atoms with E-state index in [9.17, 15) is 4.79 Å². The molecule has 0 aliphatic heterocycles. The molecule has 0 amide bonds. The predicted molar refractivity (Wildman–Crippen MR) is 81.8 cm³/mol. The molecular weight excluding hydrogens is 248 g/mol. The molecule has 1 atom stereocenters. The molecule has 3 heteroatoms. The SMILES string of the molecule is Cc1ccc(C(=O)C(C)N(CCC#N)C(C)C)cc1C. The van der Waals surface area contributed by atoms with Gasteiger partial charge in [0.1, 0.15) is 0 Å². The minimum atomic E-state index is -0.203. The van der Waals surface area contributed by atoms with Crippen LogP contribution in [-0.2, 0) is 0 Å². The Balaban J connectivity index is 2.93. The monoisotopic (exact) mass is 272 g/mol. The molecule has 1 unspecified atom stereocenters. The molecule has 0 aliphatic rings. The third-order valence-electron chi connectivity index (χ3n) is 3.81. The minimum Gasteiger partial charge on any atom is -0.292 e. The van der Waals surface area contributed by atoms with E-state index in [2.05, 4.69) is 24.8 Å². The van der Waals surface area contributed by atoms with E-state index in [0.29, 0.717) is 13.0 Å². The van der Waals surface area contributed by atoms with Crippen molar-refractivity contribution in [3.63, 3.8) is 0 Å². The van der Waals surface area contributed by atoms with Gasteiger partial charge in [0.15, 0.2) is 5.78 Å². The number of carbonyl (C=O) groups is 1. The molecule has 0 saturated carbocycles. The summed E-state index contributed by atoms with van der Waals surface area (Å²) in [5.41, 5.74) is 3.08. The summed E-state index contributed by atoms with van der Waals surface area (Å²) in [5, 5.41) is 8.74. The van der Waals surface area contributed by atoms with Gasteiger partial charge in [-0.15, -0.1) is 0 Å². The first-order valence-corrected chi connectivity index (χ1v) is 7.12. The number of carbonyl (C=O) groups excluding carboxylic acids is 1. The molecular formula is C17H24N2O. The Morgan fingerprint density at radius 3 is 2.40 bits per heavy atom. The topological polar surface area (TPSA) is 44.1 Å². The third kappa shape index (κ3) is 3.91. The molecule has 0 aliphatic carbocycles. The van der Waals surface area contributed by atoms with Crippen molar-refractivity contribution in [2.24, 2.45) is 0 Å². The van der Waals surface area contributed by atoms with Crippen LogP contribution in [0.5, 0.6) is 0 Å². The molecule has 3 nitrogen and oxygen atoms in total. The lowest BCUT2D eigenvalue weighted by Crippen LogP contribution is -2.44. The molecule has 0 fully saturated rings. The van der Waals surface area contributed by atoms with E-state index >= 15 is 0 Å². The molecule has 0 spiro atoms. The fraction of sp³-hybridized carbons (Fsp3) is 0.529. The van der Waals surface area contributed by atoms with Crippen molar-refractivity contribution in [1.29, 1.82) is 5.26 Å². The summed E-state index contributed by atoms with van der Waals surface area (Å²) < 4.78 is 0. The lowest BCUT2D eigenvalue weighted by Gasteiger charge is -2.31. The number of Topliss-reactive ketones (excluding diaryl/α,β-unsaturated/α-hetero) is 1. The van der Waals surface area contributed by atoms with Gasteiger partial charge in [-0.25, -0.2) is 0 Å². The molecule has 0 N–H and O–H groups in total. The smallest absolute Gasteiger partial charge is 0.179 e. The van der Waals surface area contributed by atoms with Gasteiger partial charge in [0.25, 0.3) is 0 Å². The predicted octanol–water partition coefficient (Wildman–Crippen LogP) is 3.50. The Kier molecular flexibility index (Phi) is 5.91. The second-order valence-corrected chi connectivity index (χ2v) is 5.58. The minimum absolute atomic E-state index is 0.125. The number of ketones is 1. The number of benzene rings is 1. The second-order valence-electron chi connectivity index (χ2n) is 5.58. The molecule has 1 rings (SSSR count). The highest BCUT2D eigenvalue weighted by molar-refractivity contribution is 6.00. The van der Waals surface area contributed by atoms with Crippen molar-refractivity contribution in [3.05, 3.63) is 34.9 Å². The first-order chi connectivity index (χ1) is 9.38. The van der Waals surface area contributed by atoms with Crippen LogP contribution in [0, 0.1) is 25.2 Å². The van der Waals surface area contributed by atoms with Crippen LogP contribution in [0.25, 0.3) is 0 Å². The second kappa shape index (κ2) is 7.21. The average Bonchev–Trinajstić information content (AvgIpc) is 2.41. The number of hydrogen-bond acceptors (Lipinski definition) is 3. The highest BCUT2D eigenvalue weighted by atomic mass is 16.1. The lowest BCUT2D eigenvalue weighted by molar-refractivity contribution is 0.0793. The highest BCUT2D eigenvalue weighted by Crippen LogP contribution is 2.16. The largest absolute Gasteiger partial charge is 0.292 e. The third-order valence-corrected chi connectivity index (χ3v) is 3.81. The van der Waals surface area contributed by atoms with E-state index in [0.717, 1.165) is 11.1 Å². The Labute approximate surface area is 122 Å². The summed E-state index contributed by atoms with van der Waals surface area (Å²) in [6.45, 7) is 10.7. The lowest BCUT2D eigenvalue weighted by atomic mass is 9.99. The van der Waals surface area contributed by atoms with Gasteiger partial charge in [0.05, 0.1) is 12.1 Å². The first kappa shape index (κ1) is 16.4. The van der Waals surface area contributed by atoms with E-state index in [1.54, 1.807) is 0 Å². The van der Waals surface area contributed by atoms with Gasteiger partial charge in [0, 0.05) is 24.6 Å². The molecule has 0 saturated heterocycles. The Hall–Kier alpha value is -1.66. The molecule has 20 heavy (non-hydrogen) atoms. The quantitative estimate of drug-likeness (QED) is 0.744. The van der Waals surface area contributed by atoms with Crippen molar-refractivity contribution in [2.45, 2.75) is 53.1 Å². The van der Waals surface area contributed by atoms with E-state index in [1.807, 2.05) is 39.0 Å². The van der Waals surface area contributed by atoms with Gasteiger partial charge < -0.3 is 0 Å². The van der Waals surface area contributed by atoms with Crippen molar-refractivity contribution < 1.29 is 4.79 Å². The highest BCUT2D eigenvalue weighted by Gasteiger charge is 2.24. The van der Waals surface area contributed by atoms with Gasteiger partial charge >= 0.3 is 0 Å². The van der Waals surface area contributed by atoms with Crippen LogP contribution in [0.2, 0.25) is 0 Å². The zero-order valence-corrected chi connectivity index (χ0v) is 13.1. The molecule has 0 radical (unpaired) electrons. The normalized spacial score (nSPS) is 12.5. The van der Waals surface area contributed by atoms with Crippen molar-refractivity contribution in [3.8, 4) is 6.07 Å². The summed E-state index contributed by atoms with van der Waals surface area (Å²) in [7, 11) is 0.